The first-order valence-corrected chi connectivity index (χ1v) is 10.1. The van der Waals surface area contributed by atoms with Gasteiger partial charge in [0.15, 0.2) is 5.78 Å². The van der Waals surface area contributed by atoms with Crippen LogP contribution < -0.4 is 0 Å². The lowest BCUT2D eigenvalue weighted by atomic mass is 9.70. The Labute approximate surface area is 153 Å². The van der Waals surface area contributed by atoms with Gasteiger partial charge in [0, 0.05) is 13.0 Å². The van der Waals surface area contributed by atoms with E-state index in [9.17, 15) is 18.0 Å². The number of rotatable bonds is 3. The molecule has 26 heavy (non-hydrogen) atoms. The number of carbonyl (C=O) groups excluding carboxylic acids is 2. The Balaban J connectivity index is 1.98. The average molecular weight is 377 g/mol. The number of hydrogen-bond acceptors (Lipinski definition) is 5. The maximum absolute atomic E-state index is 13.1. The van der Waals surface area contributed by atoms with Gasteiger partial charge >= 0.3 is 5.97 Å². The van der Waals surface area contributed by atoms with Gasteiger partial charge in [-0.25, -0.2) is 8.42 Å². The minimum Gasteiger partial charge on any atom is -0.469 e. The highest BCUT2D eigenvalue weighted by molar-refractivity contribution is 7.89. The van der Waals surface area contributed by atoms with Crippen LogP contribution in [0.3, 0.4) is 0 Å². The number of fused-ring (bicyclic) bond motifs is 2. The summed E-state index contributed by atoms with van der Waals surface area (Å²) in [6.07, 6.45) is 2.19. The van der Waals surface area contributed by atoms with E-state index < -0.39 is 28.0 Å². The van der Waals surface area contributed by atoms with Gasteiger partial charge in [-0.1, -0.05) is 29.3 Å². The lowest BCUT2D eigenvalue weighted by Crippen LogP contribution is -2.56. The predicted octanol–water partition coefficient (Wildman–Crippen LogP) is 2.08. The molecule has 1 saturated carbocycles. The number of allylic oxidation sites excluding steroid dienone is 1. The fourth-order valence-electron chi connectivity index (χ4n) is 3.93. The SMILES string of the molecule is C/C=C1/CN(S(=O)(=O)c2ccc(C)cc2)[C@H]2C[C@@H]1[C@@H](C(=O)OC)CC2=O. The number of nitrogens with zero attached hydrogens (tertiary/aromatic N) is 1. The van der Waals surface area contributed by atoms with Crippen molar-refractivity contribution in [3.05, 3.63) is 41.5 Å². The van der Waals surface area contributed by atoms with E-state index in [0.717, 1.165) is 11.1 Å². The number of ketones is 1. The first kappa shape index (κ1) is 18.8. The zero-order valence-corrected chi connectivity index (χ0v) is 16.0. The molecule has 140 valence electrons. The number of aryl methyl sites for hydroxylation is 1. The molecule has 2 bridgehead atoms. The molecule has 0 amide bonds. The molecule has 1 heterocycles. The zero-order chi connectivity index (χ0) is 19.1. The monoisotopic (exact) mass is 377 g/mol. The van der Waals surface area contributed by atoms with Gasteiger partial charge in [0.25, 0.3) is 0 Å². The summed E-state index contributed by atoms with van der Waals surface area (Å²) in [6, 6.07) is 5.89. The van der Waals surface area contributed by atoms with Crippen molar-refractivity contribution in [3.8, 4) is 0 Å². The molecule has 0 radical (unpaired) electrons. The molecule has 0 spiro atoms. The molecular weight excluding hydrogens is 354 g/mol. The Morgan fingerprint density at radius 1 is 1.27 bits per heavy atom. The topological polar surface area (TPSA) is 80.8 Å². The number of sulfonamides is 1. The first-order valence-electron chi connectivity index (χ1n) is 8.63. The number of esters is 1. The van der Waals surface area contributed by atoms with Gasteiger partial charge in [0.1, 0.15) is 0 Å². The zero-order valence-electron chi connectivity index (χ0n) is 15.1. The molecule has 7 heteroatoms. The van der Waals surface area contributed by atoms with Crippen molar-refractivity contribution in [1.82, 2.24) is 4.31 Å². The quantitative estimate of drug-likeness (QED) is 0.595. The van der Waals surface area contributed by atoms with E-state index in [1.807, 2.05) is 19.9 Å². The standard InChI is InChI=1S/C19H23NO5S/c1-4-13-11-20(26(23,24)14-7-5-12(2)6-8-14)17-9-15(13)16(10-18(17)21)19(22)25-3/h4-8,15-17H,9-11H2,1-3H3/b13-4-/t15-,16-,17-/m0/s1. The molecule has 2 fully saturated rings. The summed E-state index contributed by atoms with van der Waals surface area (Å²) in [6.45, 7) is 3.84. The fourth-order valence-corrected chi connectivity index (χ4v) is 5.54. The highest BCUT2D eigenvalue weighted by atomic mass is 32.2. The lowest BCUT2D eigenvalue weighted by Gasteiger charge is -2.45. The van der Waals surface area contributed by atoms with E-state index in [0.29, 0.717) is 6.42 Å². The second-order valence-corrected chi connectivity index (χ2v) is 8.78. The number of hydrogen-bond donors (Lipinski definition) is 0. The summed E-state index contributed by atoms with van der Waals surface area (Å²) in [4.78, 5) is 24.9. The summed E-state index contributed by atoms with van der Waals surface area (Å²) in [7, 11) is -2.48. The second-order valence-electron chi connectivity index (χ2n) is 6.88. The maximum atomic E-state index is 13.1. The predicted molar refractivity (Wildman–Crippen MR) is 95.9 cm³/mol. The van der Waals surface area contributed by atoms with E-state index in [1.165, 1.54) is 11.4 Å². The number of piperidine rings is 1. The third-order valence-electron chi connectivity index (χ3n) is 5.42. The maximum Gasteiger partial charge on any atom is 0.309 e. The van der Waals surface area contributed by atoms with Gasteiger partial charge in [-0.15, -0.1) is 0 Å². The van der Waals surface area contributed by atoms with Gasteiger partial charge in [-0.2, -0.15) is 4.31 Å². The van der Waals surface area contributed by atoms with E-state index in [4.69, 9.17) is 4.74 Å². The van der Waals surface area contributed by atoms with Crippen molar-refractivity contribution in [3.63, 3.8) is 0 Å². The van der Waals surface area contributed by atoms with Crippen molar-refractivity contribution in [2.45, 2.75) is 37.6 Å². The lowest BCUT2D eigenvalue weighted by molar-refractivity contribution is -0.152. The molecule has 3 rings (SSSR count). The van der Waals surface area contributed by atoms with Crippen LogP contribution in [0.15, 0.2) is 40.8 Å². The minimum atomic E-state index is -3.79. The van der Waals surface area contributed by atoms with Crippen LogP contribution in [-0.2, 0) is 24.3 Å². The largest absolute Gasteiger partial charge is 0.469 e. The molecule has 0 N–H and O–H groups in total. The second kappa shape index (κ2) is 6.96. The normalized spacial score (nSPS) is 28.2. The number of carbonyl (C=O) groups is 2. The van der Waals surface area contributed by atoms with Gasteiger partial charge in [0.05, 0.1) is 24.0 Å². The van der Waals surface area contributed by atoms with Crippen molar-refractivity contribution in [2.75, 3.05) is 13.7 Å². The molecule has 1 saturated heterocycles. The Hall–Kier alpha value is -1.99. The van der Waals surface area contributed by atoms with Crippen molar-refractivity contribution in [1.29, 1.82) is 0 Å². The molecule has 0 unspecified atom stereocenters. The van der Waals surface area contributed by atoms with Crippen LogP contribution in [0.1, 0.15) is 25.3 Å². The number of ether oxygens (including phenoxy) is 1. The minimum absolute atomic E-state index is 0.0132. The fraction of sp³-hybridized carbons (Fsp3) is 0.474. The molecular formula is C19H23NO5S. The molecule has 1 aliphatic carbocycles. The number of Topliss-reactive ketones (excluding diaryl/α,β-unsaturated/α-hetero) is 1. The Bertz CT molecular complexity index is 856. The van der Waals surface area contributed by atoms with Crippen LogP contribution >= 0.6 is 0 Å². The summed E-state index contributed by atoms with van der Waals surface area (Å²) in [5.74, 6) is -1.31. The molecule has 1 aliphatic heterocycles. The number of benzene rings is 1. The van der Waals surface area contributed by atoms with E-state index >= 15 is 0 Å². The van der Waals surface area contributed by atoms with E-state index in [1.54, 1.807) is 24.3 Å². The Morgan fingerprint density at radius 3 is 2.50 bits per heavy atom. The van der Waals surface area contributed by atoms with Crippen molar-refractivity contribution >= 4 is 21.8 Å². The third-order valence-corrected chi connectivity index (χ3v) is 7.29. The Kier molecular flexibility index (Phi) is 5.03. The van der Waals surface area contributed by atoms with Crippen LogP contribution in [0.25, 0.3) is 0 Å². The third kappa shape index (κ3) is 3.10. The highest BCUT2D eigenvalue weighted by Crippen LogP contribution is 2.42. The molecule has 3 atom stereocenters. The highest BCUT2D eigenvalue weighted by Gasteiger charge is 2.50. The number of methoxy groups -OCH3 is 1. The van der Waals surface area contributed by atoms with Gasteiger partial charge in [0.2, 0.25) is 10.0 Å². The molecule has 1 aromatic carbocycles. The molecule has 1 aromatic rings. The van der Waals surface area contributed by atoms with Crippen LogP contribution in [0.4, 0.5) is 0 Å². The molecule has 6 nitrogen and oxygen atoms in total. The van der Waals surface area contributed by atoms with E-state index in [2.05, 4.69) is 0 Å². The molecule has 2 aliphatic rings. The summed E-state index contributed by atoms with van der Waals surface area (Å²) in [5, 5.41) is 0. The van der Waals surface area contributed by atoms with Crippen molar-refractivity contribution < 1.29 is 22.7 Å². The van der Waals surface area contributed by atoms with Crippen molar-refractivity contribution in [2.24, 2.45) is 11.8 Å². The summed E-state index contributed by atoms with van der Waals surface area (Å²) in [5.41, 5.74) is 1.83. The van der Waals surface area contributed by atoms with Crippen LogP contribution in [0, 0.1) is 18.8 Å². The van der Waals surface area contributed by atoms with E-state index in [-0.39, 0.29) is 29.6 Å². The van der Waals surface area contributed by atoms with Gasteiger partial charge in [-0.05, 0) is 38.3 Å². The van der Waals surface area contributed by atoms with Gasteiger partial charge in [-0.3, -0.25) is 9.59 Å². The summed E-state index contributed by atoms with van der Waals surface area (Å²) < 4.78 is 32.4. The van der Waals surface area contributed by atoms with Crippen LogP contribution in [-0.4, -0.2) is 44.2 Å². The van der Waals surface area contributed by atoms with Crippen LogP contribution in [0.2, 0.25) is 0 Å². The summed E-state index contributed by atoms with van der Waals surface area (Å²) >= 11 is 0. The molecule has 0 aromatic heterocycles. The average Bonchev–Trinajstić information content (AvgIpc) is 2.64. The van der Waals surface area contributed by atoms with Crippen LogP contribution in [0.5, 0.6) is 0 Å². The smallest absolute Gasteiger partial charge is 0.309 e. The first-order chi connectivity index (χ1) is 12.3. The van der Waals surface area contributed by atoms with Gasteiger partial charge < -0.3 is 4.74 Å². The Morgan fingerprint density at radius 2 is 1.92 bits per heavy atom.